The molecule has 0 amide bonds. The highest BCUT2D eigenvalue weighted by atomic mass is 32.1. The first-order chi connectivity index (χ1) is 9.29. The molecule has 2 aromatic heterocycles. The third-order valence-corrected chi connectivity index (χ3v) is 4.76. The summed E-state index contributed by atoms with van der Waals surface area (Å²) in [5.41, 5.74) is 0.0461. The summed E-state index contributed by atoms with van der Waals surface area (Å²) in [6, 6.07) is 0. The van der Waals surface area contributed by atoms with Gasteiger partial charge in [0, 0.05) is 7.11 Å². The molecule has 2 aromatic rings. The maximum absolute atomic E-state index is 5.13. The monoisotopic (exact) mass is 281 g/mol. The predicted molar refractivity (Wildman–Crippen MR) is 73.2 cm³/mol. The van der Waals surface area contributed by atoms with E-state index in [1.165, 1.54) is 6.42 Å². The molecule has 1 unspecified atom stereocenters. The van der Waals surface area contributed by atoms with Crippen LogP contribution in [0.4, 0.5) is 0 Å². The molecular weight excluding hydrogens is 262 g/mol. The molecule has 1 fully saturated rings. The zero-order valence-corrected chi connectivity index (χ0v) is 12.2. The topological polar surface area (TPSA) is 64.3 Å². The first kappa shape index (κ1) is 13.0. The second kappa shape index (κ2) is 5.15. The highest BCUT2D eigenvalue weighted by Crippen LogP contribution is 2.37. The molecule has 0 saturated carbocycles. The number of nitrogens with one attached hydrogen (secondary N) is 1. The fourth-order valence-electron chi connectivity index (χ4n) is 2.81. The highest BCUT2D eigenvalue weighted by Gasteiger charge is 2.38. The Bertz CT molecular complexity index is 557. The van der Waals surface area contributed by atoms with Gasteiger partial charge in [0.1, 0.15) is 11.6 Å². The first-order valence-corrected chi connectivity index (χ1v) is 7.56. The zero-order valence-electron chi connectivity index (χ0n) is 11.3. The van der Waals surface area contributed by atoms with Gasteiger partial charge in [-0.1, -0.05) is 24.7 Å². The van der Waals surface area contributed by atoms with E-state index >= 15 is 0 Å². The number of nitrogens with zero attached hydrogens (tertiary/aromatic N) is 4. The Morgan fingerprint density at radius 3 is 3.05 bits per heavy atom. The van der Waals surface area contributed by atoms with Crippen LogP contribution in [-0.4, -0.2) is 33.5 Å². The molecule has 1 aliphatic heterocycles. The molecule has 3 rings (SSSR count). The van der Waals surface area contributed by atoms with Crippen LogP contribution < -0.4 is 5.32 Å². The maximum atomic E-state index is 5.13. The summed E-state index contributed by atoms with van der Waals surface area (Å²) < 4.78 is 6.95. The van der Waals surface area contributed by atoms with Gasteiger partial charge in [-0.3, -0.25) is 0 Å². The van der Waals surface area contributed by atoms with Crippen molar-refractivity contribution in [3.05, 3.63) is 10.8 Å². The minimum Gasteiger partial charge on any atom is -0.377 e. The molecular formula is C12H19N5OS. The molecule has 7 heteroatoms. The van der Waals surface area contributed by atoms with E-state index in [4.69, 9.17) is 9.84 Å². The van der Waals surface area contributed by atoms with E-state index in [9.17, 15) is 0 Å². The Morgan fingerprint density at radius 1 is 1.47 bits per heavy atom. The zero-order chi connectivity index (χ0) is 13.3. The average molecular weight is 281 g/mol. The number of hydrogen-bond acceptors (Lipinski definition) is 6. The molecule has 104 valence electrons. The van der Waals surface area contributed by atoms with Gasteiger partial charge in [0.2, 0.25) is 4.96 Å². The van der Waals surface area contributed by atoms with Crippen LogP contribution >= 0.6 is 11.3 Å². The van der Waals surface area contributed by atoms with E-state index in [1.54, 1.807) is 18.4 Å². The number of rotatable bonds is 5. The van der Waals surface area contributed by atoms with Crippen molar-refractivity contribution < 1.29 is 4.74 Å². The smallest absolute Gasteiger partial charge is 0.234 e. The number of aromatic nitrogens is 4. The molecule has 0 spiro atoms. The summed E-state index contributed by atoms with van der Waals surface area (Å²) in [6.07, 6.45) is 4.64. The number of fused-ring (bicyclic) bond motifs is 1. The Balaban J connectivity index is 1.99. The first-order valence-electron chi connectivity index (χ1n) is 6.74. The number of hydrogen-bond donors (Lipinski definition) is 1. The van der Waals surface area contributed by atoms with Crippen LogP contribution in [0.2, 0.25) is 0 Å². The van der Waals surface area contributed by atoms with Crippen molar-refractivity contribution in [2.24, 2.45) is 0 Å². The van der Waals surface area contributed by atoms with Crippen molar-refractivity contribution >= 4 is 16.3 Å². The maximum Gasteiger partial charge on any atom is 0.234 e. The summed E-state index contributed by atoms with van der Waals surface area (Å²) in [6.45, 7) is 3.74. The van der Waals surface area contributed by atoms with E-state index in [0.717, 1.165) is 41.6 Å². The molecule has 1 N–H and O–H groups in total. The van der Waals surface area contributed by atoms with Gasteiger partial charge in [-0.15, -0.1) is 10.2 Å². The predicted octanol–water partition coefficient (Wildman–Crippen LogP) is 1.71. The Hall–Kier alpha value is -1.05. The quantitative estimate of drug-likeness (QED) is 0.904. The van der Waals surface area contributed by atoms with Crippen molar-refractivity contribution in [2.75, 3.05) is 13.7 Å². The van der Waals surface area contributed by atoms with Gasteiger partial charge in [0.05, 0.1) is 5.54 Å². The van der Waals surface area contributed by atoms with Crippen LogP contribution in [0.1, 0.15) is 43.4 Å². The van der Waals surface area contributed by atoms with E-state index in [2.05, 4.69) is 22.4 Å². The lowest BCUT2D eigenvalue weighted by atomic mass is 9.93. The van der Waals surface area contributed by atoms with Gasteiger partial charge in [0.15, 0.2) is 5.82 Å². The normalized spacial score (nSPS) is 23.5. The van der Waals surface area contributed by atoms with Crippen molar-refractivity contribution in [1.82, 2.24) is 25.1 Å². The minimum absolute atomic E-state index is 0.0461. The Morgan fingerprint density at radius 2 is 2.37 bits per heavy atom. The fraction of sp³-hybridized carbons (Fsp3) is 0.750. The molecule has 6 nitrogen and oxygen atoms in total. The van der Waals surface area contributed by atoms with Gasteiger partial charge in [-0.25, -0.2) is 0 Å². The second-order valence-corrected chi connectivity index (χ2v) is 5.97. The van der Waals surface area contributed by atoms with E-state index in [0.29, 0.717) is 6.61 Å². The van der Waals surface area contributed by atoms with Crippen LogP contribution in [0.25, 0.3) is 4.96 Å². The van der Waals surface area contributed by atoms with Crippen LogP contribution in [0, 0.1) is 0 Å². The van der Waals surface area contributed by atoms with Crippen LogP contribution in [-0.2, 0) is 16.9 Å². The second-order valence-electron chi connectivity index (χ2n) is 5.01. The molecule has 0 aliphatic carbocycles. The Kier molecular flexibility index (Phi) is 3.51. The molecule has 0 radical (unpaired) electrons. The largest absolute Gasteiger partial charge is 0.377 e. The fourth-order valence-corrected chi connectivity index (χ4v) is 3.89. The number of ether oxygens (including phenoxy) is 1. The SMILES string of the molecule is CCCC1(c2nn3c(COC)nnc3s2)CCCN1. The third-order valence-electron chi connectivity index (χ3n) is 3.66. The lowest BCUT2D eigenvalue weighted by Gasteiger charge is -2.26. The molecule has 3 heterocycles. The van der Waals surface area contributed by atoms with Crippen molar-refractivity contribution in [3.63, 3.8) is 0 Å². The van der Waals surface area contributed by atoms with Crippen LogP contribution in [0.5, 0.6) is 0 Å². The summed E-state index contributed by atoms with van der Waals surface area (Å²) in [5, 5.41) is 17.8. The molecule has 19 heavy (non-hydrogen) atoms. The Labute approximate surface area is 116 Å². The van der Waals surface area contributed by atoms with Gasteiger partial charge in [-0.2, -0.15) is 9.61 Å². The highest BCUT2D eigenvalue weighted by molar-refractivity contribution is 7.16. The van der Waals surface area contributed by atoms with Crippen LogP contribution in [0.15, 0.2) is 0 Å². The summed E-state index contributed by atoms with van der Waals surface area (Å²) >= 11 is 1.64. The minimum atomic E-state index is 0.0461. The molecule has 1 aliphatic rings. The van der Waals surface area contributed by atoms with E-state index in [-0.39, 0.29) is 5.54 Å². The van der Waals surface area contributed by atoms with Crippen LogP contribution in [0.3, 0.4) is 0 Å². The lowest BCUT2D eigenvalue weighted by molar-refractivity contribution is 0.175. The van der Waals surface area contributed by atoms with Gasteiger partial charge in [-0.05, 0) is 25.8 Å². The van der Waals surface area contributed by atoms with Crippen molar-refractivity contribution in [2.45, 2.75) is 44.8 Å². The molecule has 0 bridgehead atoms. The number of methoxy groups -OCH3 is 1. The van der Waals surface area contributed by atoms with E-state index in [1.807, 2.05) is 4.52 Å². The average Bonchev–Trinajstić information content (AvgIpc) is 3.06. The van der Waals surface area contributed by atoms with Gasteiger partial charge >= 0.3 is 0 Å². The van der Waals surface area contributed by atoms with Gasteiger partial charge < -0.3 is 10.1 Å². The molecule has 1 atom stereocenters. The molecule has 0 aromatic carbocycles. The summed E-state index contributed by atoms with van der Waals surface area (Å²) in [4.78, 5) is 0.853. The lowest BCUT2D eigenvalue weighted by Crippen LogP contribution is -2.36. The van der Waals surface area contributed by atoms with E-state index < -0.39 is 0 Å². The van der Waals surface area contributed by atoms with Crippen molar-refractivity contribution in [1.29, 1.82) is 0 Å². The summed E-state index contributed by atoms with van der Waals surface area (Å²) in [7, 11) is 1.66. The van der Waals surface area contributed by atoms with Gasteiger partial charge in [0.25, 0.3) is 0 Å². The summed E-state index contributed by atoms with van der Waals surface area (Å²) in [5.74, 6) is 0.768. The third kappa shape index (κ3) is 2.15. The standard InChI is InChI=1S/C12H19N5OS/c1-3-5-12(6-4-7-13-12)10-16-17-9(8-18-2)14-15-11(17)19-10/h13H,3-8H2,1-2H3. The van der Waals surface area contributed by atoms with Crippen molar-refractivity contribution in [3.8, 4) is 0 Å². The molecule has 1 saturated heterocycles.